The monoisotopic (exact) mass is 487 g/mol. The number of carbonyl (C=O) groups is 2. The van der Waals surface area contributed by atoms with Crippen molar-refractivity contribution in [3.8, 4) is 5.75 Å². The number of hydrogen-bond donors (Lipinski definition) is 2. The van der Waals surface area contributed by atoms with E-state index in [9.17, 15) is 18.0 Å². The van der Waals surface area contributed by atoms with Gasteiger partial charge in [-0.15, -0.1) is 0 Å². The van der Waals surface area contributed by atoms with Crippen LogP contribution in [0.15, 0.2) is 89.8 Å². The predicted octanol–water partition coefficient (Wildman–Crippen LogP) is 4.66. The Hall–Kier alpha value is -4.37. The van der Waals surface area contributed by atoms with E-state index in [4.69, 9.17) is 4.74 Å². The number of amides is 2. The fourth-order valence-corrected chi connectivity index (χ4v) is 5.15. The van der Waals surface area contributed by atoms with Gasteiger partial charge >= 0.3 is 0 Å². The van der Waals surface area contributed by atoms with E-state index in [-0.39, 0.29) is 17.2 Å². The lowest BCUT2D eigenvalue weighted by Gasteiger charge is -2.23. The number of sulfonamides is 1. The zero-order chi connectivity index (χ0) is 24.6. The number of rotatable bonds is 5. The van der Waals surface area contributed by atoms with Crippen LogP contribution in [0.25, 0.3) is 10.8 Å². The van der Waals surface area contributed by atoms with E-state index in [1.807, 2.05) is 30.3 Å². The summed E-state index contributed by atoms with van der Waals surface area (Å²) in [4.78, 5) is 27.0. The molecule has 2 N–H and O–H groups in total. The van der Waals surface area contributed by atoms with Gasteiger partial charge in [-0.05, 0) is 47.9 Å². The molecule has 8 nitrogen and oxygen atoms in total. The Morgan fingerprint density at radius 2 is 1.69 bits per heavy atom. The summed E-state index contributed by atoms with van der Waals surface area (Å²) in [5.74, 6) is -0.351. The summed E-state index contributed by atoms with van der Waals surface area (Å²) >= 11 is 0. The Labute approximate surface area is 202 Å². The minimum Gasteiger partial charge on any atom is -0.497 e. The minimum atomic E-state index is -3.85. The van der Waals surface area contributed by atoms with E-state index in [1.165, 1.54) is 24.1 Å². The topological polar surface area (TPSA) is 105 Å². The smallest absolute Gasteiger partial charge is 0.262 e. The zero-order valence-corrected chi connectivity index (χ0v) is 19.5. The van der Waals surface area contributed by atoms with Crippen LogP contribution in [-0.4, -0.2) is 27.3 Å². The third kappa shape index (κ3) is 4.29. The molecule has 0 saturated heterocycles. The van der Waals surface area contributed by atoms with Crippen molar-refractivity contribution in [3.05, 3.63) is 84.9 Å². The number of ether oxygens (including phenoxy) is 1. The molecule has 0 aromatic heterocycles. The molecule has 0 bridgehead atoms. The summed E-state index contributed by atoms with van der Waals surface area (Å²) in [6, 6.07) is 23.8. The number of hydrogen-bond acceptors (Lipinski definition) is 5. The van der Waals surface area contributed by atoms with Crippen LogP contribution in [0.2, 0.25) is 0 Å². The Bertz CT molecular complexity index is 1570. The second kappa shape index (κ2) is 8.77. The molecule has 176 valence electrons. The molecule has 1 heterocycles. The van der Waals surface area contributed by atoms with Gasteiger partial charge in [-0.2, -0.15) is 0 Å². The van der Waals surface area contributed by atoms with Crippen molar-refractivity contribution in [1.29, 1.82) is 0 Å². The Kier molecular flexibility index (Phi) is 5.62. The number of anilines is 4. The lowest BCUT2D eigenvalue weighted by molar-refractivity contribution is -0.124. The molecule has 5 rings (SSSR count). The molecule has 0 atom stereocenters. The summed E-state index contributed by atoms with van der Waals surface area (Å²) in [6.07, 6.45) is -0.312. The molecule has 9 heteroatoms. The van der Waals surface area contributed by atoms with E-state index in [1.54, 1.807) is 42.5 Å². The molecular weight excluding hydrogens is 466 g/mol. The third-order valence-corrected chi connectivity index (χ3v) is 7.08. The van der Waals surface area contributed by atoms with Gasteiger partial charge in [0.05, 0.1) is 23.4 Å². The van der Waals surface area contributed by atoms with E-state index in [2.05, 4.69) is 10.0 Å². The molecule has 4 aromatic rings. The number of carbonyl (C=O) groups excluding carboxylic acids is 2. The maximum absolute atomic E-state index is 13.0. The molecule has 0 fully saturated rings. The largest absolute Gasteiger partial charge is 0.497 e. The molecule has 1 aliphatic rings. The molecule has 1 aliphatic heterocycles. The van der Waals surface area contributed by atoms with Gasteiger partial charge in [-0.1, -0.05) is 36.4 Å². The summed E-state index contributed by atoms with van der Waals surface area (Å²) in [7, 11) is -2.38. The van der Waals surface area contributed by atoms with E-state index in [0.29, 0.717) is 28.5 Å². The van der Waals surface area contributed by atoms with Crippen LogP contribution >= 0.6 is 0 Å². The number of fused-ring (bicyclic) bond motifs is 3. The first-order chi connectivity index (χ1) is 16.9. The zero-order valence-electron chi connectivity index (χ0n) is 18.7. The van der Waals surface area contributed by atoms with Crippen molar-refractivity contribution in [2.75, 3.05) is 22.0 Å². The van der Waals surface area contributed by atoms with Gasteiger partial charge < -0.3 is 10.1 Å². The second-order valence-electron chi connectivity index (χ2n) is 7.97. The highest BCUT2D eigenvalue weighted by molar-refractivity contribution is 7.92. The molecule has 0 spiro atoms. The van der Waals surface area contributed by atoms with Gasteiger partial charge in [-0.3, -0.25) is 19.2 Å². The first kappa shape index (κ1) is 22.4. The number of nitrogens with one attached hydrogen (secondary N) is 2. The Balaban J connectivity index is 1.50. The molecule has 2 amide bonds. The maximum atomic E-state index is 13.0. The van der Waals surface area contributed by atoms with Crippen molar-refractivity contribution in [2.24, 2.45) is 0 Å². The van der Waals surface area contributed by atoms with Crippen LogP contribution in [0.4, 0.5) is 22.7 Å². The van der Waals surface area contributed by atoms with Gasteiger partial charge in [0.1, 0.15) is 12.2 Å². The molecule has 0 aliphatic carbocycles. The number of nitrogens with zero attached hydrogens (tertiary/aromatic N) is 1. The van der Waals surface area contributed by atoms with Crippen LogP contribution in [0.5, 0.6) is 5.75 Å². The van der Waals surface area contributed by atoms with Crippen LogP contribution in [0, 0.1) is 0 Å². The third-order valence-electron chi connectivity index (χ3n) is 5.70. The fourth-order valence-electron chi connectivity index (χ4n) is 4.06. The standard InChI is InChI=1S/C26H21N3O5S/c1-34-20-6-4-7-21(15-20)35(32,33)28-18-10-12-19(13-11-18)29-23-14-9-17-5-2-3-8-22(17)26(23)27-24(30)16-25(29)31/h2-15,28H,16H2,1H3,(H,27,30). The number of benzene rings is 4. The predicted molar refractivity (Wildman–Crippen MR) is 135 cm³/mol. The molecule has 35 heavy (non-hydrogen) atoms. The molecular formula is C26H21N3O5S. The van der Waals surface area contributed by atoms with Crippen molar-refractivity contribution in [2.45, 2.75) is 11.3 Å². The maximum Gasteiger partial charge on any atom is 0.262 e. The average Bonchev–Trinajstić information content (AvgIpc) is 2.99. The minimum absolute atomic E-state index is 0.0639. The average molecular weight is 488 g/mol. The van der Waals surface area contributed by atoms with E-state index in [0.717, 1.165) is 10.8 Å². The highest BCUT2D eigenvalue weighted by atomic mass is 32.2. The van der Waals surface area contributed by atoms with E-state index < -0.39 is 15.9 Å². The highest BCUT2D eigenvalue weighted by Crippen LogP contribution is 2.40. The summed E-state index contributed by atoms with van der Waals surface area (Å²) in [5, 5.41) is 4.62. The fraction of sp³-hybridized carbons (Fsp3) is 0.0769. The second-order valence-corrected chi connectivity index (χ2v) is 9.65. The van der Waals surface area contributed by atoms with E-state index >= 15 is 0 Å². The van der Waals surface area contributed by atoms with Gasteiger partial charge in [0.25, 0.3) is 10.0 Å². The van der Waals surface area contributed by atoms with Crippen molar-refractivity contribution >= 4 is 55.4 Å². The molecule has 0 saturated carbocycles. The van der Waals surface area contributed by atoms with Crippen molar-refractivity contribution in [1.82, 2.24) is 0 Å². The lowest BCUT2D eigenvalue weighted by Crippen LogP contribution is -2.26. The van der Waals surface area contributed by atoms with Crippen molar-refractivity contribution < 1.29 is 22.7 Å². The molecule has 0 unspecified atom stereocenters. The first-order valence-electron chi connectivity index (χ1n) is 10.8. The SMILES string of the molecule is COc1cccc(S(=O)(=O)Nc2ccc(N3C(=O)CC(=O)Nc4c3ccc3ccccc43)cc2)c1. The quantitative estimate of drug-likeness (QED) is 0.399. The Morgan fingerprint density at radius 1 is 0.914 bits per heavy atom. The van der Waals surface area contributed by atoms with Crippen LogP contribution in [0.1, 0.15) is 6.42 Å². The van der Waals surface area contributed by atoms with Crippen LogP contribution in [-0.2, 0) is 19.6 Å². The number of methoxy groups -OCH3 is 1. The van der Waals surface area contributed by atoms with Crippen LogP contribution < -0.4 is 19.7 Å². The Morgan fingerprint density at radius 3 is 2.46 bits per heavy atom. The first-order valence-corrected chi connectivity index (χ1v) is 12.3. The van der Waals surface area contributed by atoms with Gasteiger partial charge in [0.15, 0.2) is 0 Å². The van der Waals surface area contributed by atoms with Gasteiger partial charge in [0.2, 0.25) is 11.8 Å². The highest BCUT2D eigenvalue weighted by Gasteiger charge is 2.28. The van der Waals surface area contributed by atoms with Gasteiger partial charge in [-0.25, -0.2) is 8.42 Å². The summed E-state index contributed by atoms with van der Waals surface area (Å²) in [5.41, 5.74) is 1.94. The lowest BCUT2D eigenvalue weighted by atomic mass is 10.1. The summed E-state index contributed by atoms with van der Waals surface area (Å²) in [6.45, 7) is 0. The van der Waals surface area contributed by atoms with Gasteiger partial charge in [0, 0.05) is 22.8 Å². The molecule has 0 radical (unpaired) electrons. The summed E-state index contributed by atoms with van der Waals surface area (Å²) < 4.78 is 33.2. The normalized spacial score (nSPS) is 13.7. The van der Waals surface area contributed by atoms with Crippen molar-refractivity contribution in [3.63, 3.8) is 0 Å². The molecule has 4 aromatic carbocycles. The van der Waals surface area contributed by atoms with Crippen LogP contribution in [0.3, 0.4) is 0 Å².